The summed E-state index contributed by atoms with van der Waals surface area (Å²) in [6.45, 7) is 2.00. The molecular weight excluding hydrogens is 227 g/mol. The molecule has 1 unspecified atom stereocenters. The molecule has 92 valence electrons. The van der Waals surface area contributed by atoms with Crippen molar-refractivity contribution < 1.29 is 9.18 Å². The Labute approximate surface area is 106 Å². The van der Waals surface area contributed by atoms with Gasteiger partial charge in [-0.15, -0.1) is 0 Å². The number of aldehydes is 1. The monoisotopic (exact) mass is 242 g/mol. The van der Waals surface area contributed by atoms with Gasteiger partial charge in [0.05, 0.1) is 0 Å². The molecule has 0 amide bonds. The number of carbonyl (C=O) groups is 1. The van der Waals surface area contributed by atoms with E-state index >= 15 is 0 Å². The lowest BCUT2D eigenvalue weighted by molar-refractivity contribution is -0.109. The molecule has 2 heteroatoms. The zero-order chi connectivity index (χ0) is 13.0. The van der Waals surface area contributed by atoms with Crippen LogP contribution in [0.1, 0.15) is 22.6 Å². The van der Waals surface area contributed by atoms with Crippen molar-refractivity contribution in [3.8, 4) is 0 Å². The Bertz CT molecular complexity index is 531. The van der Waals surface area contributed by atoms with E-state index in [9.17, 15) is 9.18 Å². The van der Waals surface area contributed by atoms with Crippen molar-refractivity contribution >= 4 is 6.29 Å². The second kappa shape index (κ2) is 5.58. The molecule has 0 aliphatic carbocycles. The van der Waals surface area contributed by atoms with Gasteiger partial charge < -0.3 is 4.79 Å². The Hall–Kier alpha value is -1.96. The largest absolute Gasteiger partial charge is 0.303 e. The molecule has 1 atom stereocenters. The number of hydrogen-bond donors (Lipinski definition) is 0. The Morgan fingerprint density at radius 2 is 1.78 bits per heavy atom. The van der Waals surface area contributed by atoms with Crippen LogP contribution in [0, 0.1) is 12.7 Å². The fourth-order valence-corrected chi connectivity index (χ4v) is 2.11. The van der Waals surface area contributed by atoms with Gasteiger partial charge in [0.1, 0.15) is 12.1 Å². The van der Waals surface area contributed by atoms with Crippen LogP contribution in [0.5, 0.6) is 0 Å². The number of rotatable bonds is 4. The normalized spacial score (nSPS) is 12.1. The van der Waals surface area contributed by atoms with E-state index in [0.29, 0.717) is 6.42 Å². The molecule has 0 aliphatic rings. The Morgan fingerprint density at radius 1 is 1.11 bits per heavy atom. The summed E-state index contributed by atoms with van der Waals surface area (Å²) in [4.78, 5) is 11.3. The van der Waals surface area contributed by atoms with Crippen molar-refractivity contribution in [3.63, 3.8) is 0 Å². The molecule has 0 saturated carbocycles. The summed E-state index contributed by atoms with van der Waals surface area (Å²) in [6.07, 6.45) is 1.57. The number of halogens is 1. The summed E-state index contributed by atoms with van der Waals surface area (Å²) in [6, 6.07) is 14.2. The first-order valence-corrected chi connectivity index (χ1v) is 5.96. The Morgan fingerprint density at radius 3 is 2.39 bits per heavy atom. The highest BCUT2D eigenvalue weighted by molar-refractivity contribution is 5.64. The maximum Gasteiger partial charge on any atom is 0.127 e. The lowest BCUT2D eigenvalue weighted by atomic mass is 9.90. The van der Waals surface area contributed by atoms with Crippen LogP contribution in [-0.4, -0.2) is 6.29 Å². The molecule has 2 aromatic rings. The first kappa shape index (κ1) is 12.5. The molecule has 0 saturated heterocycles. The molecule has 2 aromatic carbocycles. The minimum Gasteiger partial charge on any atom is -0.303 e. The highest BCUT2D eigenvalue weighted by atomic mass is 19.1. The Balaban J connectivity index is 2.22. The minimum absolute atomic E-state index is 0.170. The third-order valence-corrected chi connectivity index (χ3v) is 3.12. The molecule has 0 N–H and O–H groups in total. The van der Waals surface area contributed by atoms with Gasteiger partial charge in [0.25, 0.3) is 0 Å². The van der Waals surface area contributed by atoms with Crippen LogP contribution in [0.25, 0.3) is 0 Å². The van der Waals surface area contributed by atoms with Crippen LogP contribution in [0.2, 0.25) is 0 Å². The smallest absolute Gasteiger partial charge is 0.127 e. The second-order valence-corrected chi connectivity index (χ2v) is 4.43. The molecule has 2 rings (SSSR count). The fourth-order valence-electron chi connectivity index (χ4n) is 2.11. The van der Waals surface area contributed by atoms with E-state index in [-0.39, 0.29) is 11.7 Å². The quantitative estimate of drug-likeness (QED) is 0.748. The van der Waals surface area contributed by atoms with E-state index in [1.54, 1.807) is 12.1 Å². The molecule has 0 heterocycles. The SMILES string of the molecule is Cc1ccccc1C(C=O)Cc1ccc(F)cc1. The molecule has 0 aromatic heterocycles. The van der Waals surface area contributed by atoms with Crippen molar-refractivity contribution in [1.82, 2.24) is 0 Å². The molecule has 0 spiro atoms. The standard InChI is InChI=1S/C16H15FO/c1-12-4-2-3-5-16(12)14(11-18)10-13-6-8-15(17)9-7-13/h2-9,11,14H,10H2,1H3. The van der Waals surface area contributed by atoms with Crippen LogP contribution < -0.4 is 0 Å². The van der Waals surface area contributed by atoms with Gasteiger partial charge in [0, 0.05) is 5.92 Å². The van der Waals surface area contributed by atoms with Crippen LogP contribution >= 0.6 is 0 Å². The first-order chi connectivity index (χ1) is 8.70. The summed E-state index contributed by atoms with van der Waals surface area (Å²) in [5.41, 5.74) is 3.12. The number of carbonyl (C=O) groups excluding carboxylic acids is 1. The number of hydrogen-bond acceptors (Lipinski definition) is 1. The lowest BCUT2D eigenvalue weighted by Gasteiger charge is -2.13. The molecule has 1 nitrogen and oxygen atoms in total. The van der Waals surface area contributed by atoms with Gasteiger partial charge >= 0.3 is 0 Å². The van der Waals surface area contributed by atoms with Crippen molar-refractivity contribution in [2.75, 3.05) is 0 Å². The number of aryl methyl sites for hydroxylation is 1. The van der Waals surface area contributed by atoms with Gasteiger partial charge in [-0.3, -0.25) is 0 Å². The molecule has 18 heavy (non-hydrogen) atoms. The van der Waals surface area contributed by atoms with Crippen molar-refractivity contribution in [2.45, 2.75) is 19.3 Å². The summed E-state index contributed by atoms with van der Waals surface area (Å²) < 4.78 is 12.8. The van der Waals surface area contributed by atoms with Gasteiger partial charge in [-0.05, 0) is 42.2 Å². The summed E-state index contributed by atoms with van der Waals surface area (Å²) in [5.74, 6) is -0.422. The maximum absolute atomic E-state index is 12.8. The highest BCUT2D eigenvalue weighted by Crippen LogP contribution is 2.22. The van der Waals surface area contributed by atoms with Gasteiger partial charge in [-0.2, -0.15) is 0 Å². The zero-order valence-corrected chi connectivity index (χ0v) is 10.3. The third kappa shape index (κ3) is 2.83. The summed E-state index contributed by atoms with van der Waals surface area (Å²) in [5, 5.41) is 0. The second-order valence-electron chi connectivity index (χ2n) is 4.43. The van der Waals surface area contributed by atoms with Crippen molar-refractivity contribution in [3.05, 3.63) is 71.0 Å². The molecular formula is C16H15FO. The average molecular weight is 242 g/mol. The van der Waals surface area contributed by atoms with Crippen molar-refractivity contribution in [1.29, 1.82) is 0 Å². The predicted octanol–water partition coefficient (Wildman–Crippen LogP) is 3.66. The van der Waals surface area contributed by atoms with E-state index in [1.165, 1.54) is 12.1 Å². The number of benzene rings is 2. The predicted molar refractivity (Wildman–Crippen MR) is 70.1 cm³/mol. The average Bonchev–Trinajstić information content (AvgIpc) is 2.39. The van der Waals surface area contributed by atoms with Crippen LogP contribution in [0.3, 0.4) is 0 Å². The van der Waals surface area contributed by atoms with Crippen LogP contribution in [0.4, 0.5) is 4.39 Å². The first-order valence-electron chi connectivity index (χ1n) is 5.96. The van der Waals surface area contributed by atoms with Gasteiger partial charge in [0.2, 0.25) is 0 Å². The van der Waals surface area contributed by atoms with Crippen LogP contribution in [0.15, 0.2) is 48.5 Å². The van der Waals surface area contributed by atoms with E-state index in [0.717, 1.165) is 23.0 Å². The molecule has 0 radical (unpaired) electrons. The highest BCUT2D eigenvalue weighted by Gasteiger charge is 2.13. The maximum atomic E-state index is 12.8. The zero-order valence-electron chi connectivity index (χ0n) is 10.3. The summed E-state index contributed by atoms with van der Waals surface area (Å²) >= 11 is 0. The fraction of sp³-hybridized carbons (Fsp3) is 0.188. The lowest BCUT2D eigenvalue weighted by Crippen LogP contribution is -2.06. The van der Waals surface area contributed by atoms with Crippen LogP contribution in [-0.2, 0) is 11.2 Å². The van der Waals surface area contributed by atoms with E-state index < -0.39 is 0 Å². The topological polar surface area (TPSA) is 17.1 Å². The van der Waals surface area contributed by atoms with E-state index in [4.69, 9.17) is 0 Å². The summed E-state index contributed by atoms with van der Waals surface area (Å²) in [7, 11) is 0. The van der Waals surface area contributed by atoms with Gasteiger partial charge in [-0.1, -0.05) is 36.4 Å². The van der Waals surface area contributed by atoms with Gasteiger partial charge in [0.15, 0.2) is 0 Å². The molecule has 0 bridgehead atoms. The minimum atomic E-state index is -0.253. The third-order valence-electron chi connectivity index (χ3n) is 3.12. The van der Waals surface area contributed by atoms with E-state index in [2.05, 4.69) is 0 Å². The molecule has 0 aliphatic heterocycles. The van der Waals surface area contributed by atoms with Gasteiger partial charge in [-0.25, -0.2) is 4.39 Å². The van der Waals surface area contributed by atoms with E-state index in [1.807, 2.05) is 31.2 Å². The van der Waals surface area contributed by atoms with Crippen molar-refractivity contribution in [2.24, 2.45) is 0 Å². The Kier molecular flexibility index (Phi) is 3.88. The molecule has 0 fully saturated rings.